The Kier molecular flexibility index (Phi) is 10.1. The first-order valence-electron chi connectivity index (χ1n) is 14.6. The summed E-state index contributed by atoms with van der Waals surface area (Å²) in [7, 11) is 0. The average molecular weight is 721 g/mol. The van der Waals surface area contributed by atoms with Crippen LogP contribution in [0.5, 0.6) is 11.5 Å². The zero-order chi connectivity index (χ0) is 32.3. The number of anilines is 5. The molecule has 0 aliphatic heterocycles. The molecule has 0 aliphatic rings. The fraction of sp³-hybridized carbons (Fsp3) is 0.105. The number of nitrogens with zero attached hydrogens (tertiary/aromatic N) is 4. The Morgan fingerprint density at radius 3 is 1.79 bits per heavy atom. The molecule has 0 unspecified atom stereocenters. The second kappa shape index (κ2) is 14.2. The van der Waals surface area contributed by atoms with Crippen molar-refractivity contribution in [3.05, 3.63) is 151 Å². The van der Waals surface area contributed by atoms with E-state index in [0.717, 1.165) is 11.4 Å². The van der Waals surface area contributed by atoms with Gasteiger partial charge in [0.2, 0.25) is 0 Å². The molecular formula is C38H29F3N4OPd. The van der Waals surface area contributed by atoms with Crippen LogP contribution in [0.4, 0.5) is 41.7 Å². The van der Waals surface area contributed by atoms with Gasteiger partial charge in [-0.05, 0) is 68.9 Å². The molecule has 238 valence electrons. The SMILES string of the molecule is CC(C)(C)N(c1[c-]c(Oc2[c-]c(-c3ccccn3)c(F)c(F)c2F)cc(N(c2ccccc2)c2ccccc2)c1)c1ccccn1.[Pd+2]. The van der Waals surface area contributed by atoms with Gasteiger partial charge in [-0.1, -0.05) is 77.6 Å². The van der Waals surface area contributed by atoms with Crippen molar-refractivity contribution >= 4 is 28.6 Å². The van der Waals surface area contributed by atoms with E-state index in [2.05, 4.69) is 22.1 Å². The van der Waals surface area contributed by atoms with Gasteiger partial charge in [-0.2, -0.15) is 0 Å². The van der Waals surface area contributed by atoms with E-state index in [9.17, 15) is 8.78 Å². The number of ether oxygens (including phenoxy) is 1. The molecule has 47 heavy (non-hydrogen) atoms. The Morgan fingerprint density at radius 1 is 0.638 bits per heavy atom. The monoisotopic (exact) mass is 720 g/mol. The van der Waals surface area contributed by atoms with Crippen LogP contribution >= 0.6 is 0 Å². The summed E-state index contributed by atoms with van der Waals surface area (Å²) >= 11 is 0. The molecule has 0 aliphatic carbocycles. The van der Waals surface area contributed by atoms with Gasteiger partial charge in [-0.15, -0.1) is 18.2 Å². The van der Waals surface area contributed by atoms with Crippen LogP contribution in [0.25, 0.3) is 11.3 Å². The number of aromatic nitrogens is 2. The van der Waals surface area contributed by atoms with E-state index in [-0.39, 0.29) is 37.4 Å². The van der Waals surface area contributed by atoms with E-state index < -0.39 is 28.7 Å². The largest absolute Gasteiger partial charge is 2.00 e. The normalized spacial score (nSPS) is 11.0. The molecule has 6 aromatic rings. The summed E-state index contributed by atoms with van der Waals surface area (Å²) in [5, 5.41) is 0. The van der Waals surface area contributed by atoms with Crippen LogP contribution in [-0.4, -0.2) is 15.5 Å². The maximum atomic E-state index is 15.3. The van der Waals surface area contributed by atoms with E-state index in [1.165, 1.54) is 12.3 Å². The van der Waals surface area contributed by atoms with Gasteiger partial charge < -0.3 is 19.5 Å². The summed E-state index contributed by atoms with van der Waals surface area (Å²) < 4.78 is 51.2. The second-order valence-corrected chi connectivity index (χ2v) is 11.4. The minimum Gasteiger partial charge on any atom is -0.500 e. The molecule has 0 saturated carbocycles. The van der Waals surface area contributed by atoms with Crippen LogP contribution in [0.1, 0.15) is 20.8 Å². The topological polar surface area (TPSA) is 41.5 Å². The van der Waals surface area contributed by atoms with Gasteiger partial charge in [0.1, 0.15) is 17.5 Å². The van der Waals surface area contributed by atoms with Gasteiger partial charge in [0.15, 0.2) is 0 Å². The van der Waals surface area contributed by atoms with E-state index >= 15 is 4.39 Å². The Morgan fingerprint density at radius 2 is 1.23 bits per heavy atom. The molecule has 0 spiro atoms. The van der Waals surface area contributed by atoms with Crippen LogP contribution in [0.3, 0.4) is 0 Å². The molecule has 2 heterocycles. The molecule has 0 radical (unpaired) electrons. The summed E-state index contributed by atoms with van der Waals surface area (Å²) in [5.41, 5.74) is 2.10. The molecule has 5 nitrogen and oxygen atoms in total. The minimum atomic E-state index is -1.69. The number of hydrogen-bond acceptors (Lipinski definition) is 5. The first-order chi connectivity index (χ1) is 22.2. The fourth-order valence-corrected chi connectivity index (χ4v) is 5.13. The van der Waals surface area contributed by atoms with Crippen molar-refractivity contribution in [3.63, 3.8) is 0 Å². The Labute approximate surface area is 286 Å². The minimum absolute atomic E-state index is 0. The second-order valence-electron chi connectivity index (χ2n) is 11.4. The third kappa shape index (κ3) is 7.22. The van der Waals surface area contributed by atoms with Crippen molar-refractivity contribution < 1.29 is 38.3 Å². The zero-order valence-electron chi connectivity index (χ0n) is 25.7. The Balaban J connectivity index is 0.00000433. The molecule has 0 saturated heterocycles. The molecule has 0 atom stereocenters. The summed E-state index contributed by atoms with van der Waals surface area (Å²) in [6.07, 6.45) is 3.12. The van der Waals surface area contributed by atoms with Crippen molar-refractivity contribution in [2.45, 2.75) is 26.3 Å². The van der Waals surface area contributed by atoms with Crippen LogP contribution in [0.15, 0.2) is 122 Å². The third-order valence-electron chi connectivity index (χ3n) is 7.07. The van der Waals surface area contributed by atoms with Gasteiger partial charge >= 0.3 is 20.4 Å². The van der Waals surface area contributed by atoms with Crippen LogP contribution in [0.2, 0.25) is 0 Å². The van der Waals surface area contributed by atoms with Crippen molar-refractivity contribution in [1.29, 1.82) is 0 Å². The van der Waals surface area contributed by atoms with Gasteiger partial charge in [-0.3, -0.25) is 8.78 Å². The summed E-state index contributed by atoms with van der Waals surface area (Å²) in [5.74, 6) is -4.56. The number of pyridine rings is 2. The average Bonchev–Trinajstić information content (AvgIpc) is 3.06. The summed E-state index contributed by atoms with van der Waals surface area (Å²) in [6.45, 7) is 6.07. The molecule has 0 bridgehead atoms. The quantitative estimate of drug-likeness (QED) is 0.0890. The van der Waals surface area contributed by atoms with Gasteiger partial charge in [-0.25, -0.2) is 9.37 Å². The Bertz CT molecular complexity index is 1900. The van der Waals surface area contributed by atoms with Gasteiger partial charge in [0, 0.05) is 35.1 Å². The molecule has 4 aromatic carbocycles. The fourth-order valence-electron chi connectivity index (χ4n) is 5.13. The number of benzene rings is 4. The predicted molar refractivity (Wildman–Crippen MR) is 175 cm³/mol. The van der Waals surface area contributed by atoms with Crippen molar-refractivity contribution in [3.8, 4) is 22.8 Å². The van der Waals surface area contributed by atoms with E-state index in [1.54, 1.807) is 24.4 Å². The van der Waals surface area contributed by atoms with Crippen molar-refractivity contribution in [2.75, 3.05) is 9.80 Å². The maximum absolute atomic E-state index is 15.3. The molecule has 9 heteroatoms. The zero-order valence-corrected chi connectivity index (χ0v) is 27.2. The first kappa shape index (κ1) is 33.4. The predicted octanol–water partition coefficient (Wildman–Crippen LogP) is 10.4. The molecule has 0 amide bonds. The molecule has 6 rings (SSSR count). The van der Waals surface area contributed by atoms with E-state index in [1.807, 2.05) is 116 Å². The van der Waals surface area contributed by atoms with Crippen LogP contribution < -0.4 is 14.5 Å². The summed E-state index contributed by atoms with van der Waals surface area (Å²) in [6, 6.07) is 39.1. The van der Waals surface area contributed by atoms with Crippen LogP contribution in [-0.2, 0) is 20.4 Å². The Hall–Kier alpha value is -4.97. The number of hydrogen-bond donors (Lipinski definition) is 0. The number of para-hydroxylation sites is 2. The van der Waals surface area contributed by atoms with Crippen molar-refractivity contribution in [2.24, 2.45) is 0 Å². The smallest absolute Gasteiger partial charge is 0.500 e. The van der Waals surface area contributed by atoms with Gasteiger partial charge in [0.05, 0.1) is 11.6 Å². The maximum Gasteiger partial charge on any atom is 2.00 e. The third-order valence-corrected chi connectivity index (χ3v) is 7.07. The summed E-state index contributed by atoms with van der Waals surface area (Å²) in [4.78, 5) is 12.7. The molecule has 2 aromatic heterocycles. The molecule has 0 fully saturated rings. The number of rotatable bonds is 8. The van der Waals surface area contributed by atoms with Crippen molar-refractivity contribution in [1.82, 2.24) is 9.97 Å². The molecular weight excluding hydrogens is 692 g/mol. The van der Waals surface area contributed by atoms with Gasteiger partial charge in [0.25, 0.3) is 0 Å². The number of halogens is 3. The first-order valence-corrected chi connectivity index (χ1v) is 14.6. The van der Waals surface area contributed by atoms with E-state index in [4.69, 9.17) is 4.74 Å². The van der Waals surface area contributed by atoms with E-state index in [0.29, 0.717) is 17.2 Å². The molecule has 0 N–H and O–H groups in total. The van der Waals surface area contributed by atoms with Crippen LogP contribution in [0, 0.1) is 29.6 Å². The standard InChI is InChI=1S/C38H29F3N4O.Pd/c1-38(2,3)45(34-19-11-13-21-43-34)29-22-28(44(26-14-6-4-7-15-26)27-16-8-5-9-17-27)23-30(24-29)46-33-25-31(32-18-10-12-20-42-32)35(39)37(41)36(33)40;/h4-23H,1-3H3;/q-2;+2.